The molecule has 174 valence electrons. The molecule has 7 heteroatoms. The van der Waals surface area contributed by atoms with E-state index < -0.39 is 17.2 Å². The zero-order valence-corrected chi connectivity index (χ0v) is 20.6. The number of halogens is 1. The van der Waals surface area contributed by atoms with Gasteiger partial charge in [0.25, 0.3) is 0 Å². The van der Waals surface area contributed by atoms with Crippen molar-refractivity contribution in [3.63, 3.8) is 0 Å². The number of phenols is 1. The second kappa shape index (κ2) is 11.1. The Labute approximate surface area is 199 Å². The second-order valence-electron chi connectivity index (χ2n) is 8.88. The van der Waals surface area contributed by atoms with Gasteiger partial charge in [-0.15, -0.1) is 6.58 Å². The summed E-state index contributed by atoms with van der Waals surface area (Å²) < 4.78 is 5.36. The number of aryl methyl sites for hydroxylation is 2. The molecule has 2 rings (SSSR count). The van der Waals surface area contributed by atoms with E-state index in [1.54, 1.807) is 32.9 Å². The molecule has 5 nitrogen and oxygen atoms in total. The number of aliphatic hydroxyl groups excluding tert-OH is 1. The Hall–Kier alpha value is -2.15. The van der Waals surface area contributed by atoms with Crippen LogP contribution < -0.4 is 5.32 Å². The third kappa shape index (κ3) is 7.76. The minimum Gasteiger partial charge on any atom is -0.507 e. The van der Waals surface area contributed by atoms with E-state index in [0.29, 0.717) is 24.3 Å². The Morgan fingerprint density at radius 2 is 1.97 bits per heavy atom. The summed E-state index contributed by atoms with van der Waals surface area (Å²) in [4.78, 5) is 14.0. The van der Waals surface area contributed by atoms with Crippen molar-refractivity contribution in [2.75, 3.05) is 6.61 Å². The van der Waals surface area contributed by atoms with Gasteiger partial charge in [0.15, 0.2) is 0 Å². The van der Waals surface area contributed by atoms with Gasteiger partial charge in [0.2, 0.25) is 0 Å². The van der Waals surface area contributed by atoms with Gasteiger partial charge in [-0.2, -0.15) is 0 Å². The lowest BCUT2D eigenvalue weighted by atomic mass is 9.88. The lowest BCUT2D eigenvalue weighted by Gasteiger charge is -2.33. The van der Waals surface area contributed by atoms with Gasteiger partial charge < -0.3 is 20.3 Å². The fourth-order valence-corrected chi connectivity index (χ4v) is 4.52. The average Bonchev–Trinajstić information content (AvgIpc) is 2.68. The number of amides is 1. The molecular weight excluding hydrogens is 446 g/mol. The largest absolute Gasteiger partial charge is 0.507 e. The molecule has 0 saturated heterocycles. The van der Waals surface area contributed by atoms with Gasteiger partial charge in [-0.25, -0.2) is 4.79 Å². The maximum atomic E-state index is 12.3. The van der Waals surface area contributed by atoms with E-state index in [2.05, 4.69) is 11.9 Å². The van der Waals surface area contributed by atoms with Gasteiger partial charge in [0, 0.05) is 9.92 Å². The minimum absolute atomic E-state index is 0.228. The first kappa shape index (κ1) is 26.1. The van der Waals surface area contributed by atoms with Crippen LogP contribution in [-0.4, -0.2) is 34.1 Å². The van der Waals surface area contributed by atoms with E-state index in [0.717, 1.165) is 20.9 Å². The van der Waals surface area contributed by atoms with E-state index in [-0.39, 0.29) is 12.4 Å². The fourth-order valence-electron chi connectivity index (χ4n) is 3.19. The third-order valence-corrected chi connectivity index (χ3v) is 6.23. The van der Waals surface area contributed by atoms with Crippen molar-refractivity contribution < 1.29 is 19.7 Å². The minimum atomic E-state index is -0.895. The standard InChI is InChI=1S/C25H32ClNO4S/c1-6-12-25(16-28,27-23(30)31-24(3,4)5)13-11-18-8-9-19(15-20(18)26)32-22-14-17(2)7-10-21(22)29/h6-10,14-15,28-29H,1,11-13,16H2,2-5H3,(H,27,30)/t25-/m0/s1. The maximum Gasteiger partial charge on any atom is 0.408 e. The van der Waals surface area contributed by atoms with Crippen LogP contribution in [0.5, 0.6) is 5.75 Å². The summed E-state index contributed by atoms with van der Waals surface area (Å²) >= 11 is 7.98. The number of hydrogen-bond donors (Lipinski definition) is 3. The smallest absolute Gasteiger partial charge is 0.408 e. The van der Waals surface area contributed by atoms with Gasteiger partial charge in [-0.1, -0.05) is 41.6 Å². The van der Waals surface area contributed by atoms with Crippen molar-refractivity contribution >= 4 is 29.5 Å². The molecule has 0 spiro atoms. The molecule has 1 atom stereocenters. The van der Waals surface area contributed by atoms with Crippen molar-refractivity contribution in [3.05, 3.63) is 65.2 Å². The molecule has 0 unspecified atom stereocenters. The zero-order chi connectivity index (χ0) is 23.9. The summed E-state index contributed by atoms with van der Waals surface area (Å²) in [5.41, 5.74) is 0.432. The van der Waals surface area contributed by atoms with Crippen molar-refractivity contribution in [1.82, 2.24) is 5.32 Å². The van der Waals surface area contributed by atoms with Crippen LogP contribution in [0.25, 0.3) is 0 Å². The first-order chi connectivity index (χ1) is 15.0. The van der Waals surface area contributed by atoms with Gasteiger partial charge in [0.1, 0.15) is 11.4 Å². The molecule has 0 fully saturated rings. The number of ether oxygens (including phenoxy) is 1. The van der Waals surface area contributed by atoms with E-state index >= 15 is 0 Å². The molecule has 0 aliphatic heterocycles. The molecular formula is C25H32ClNO4S. The highest BCUT2D eigenvalue weighted by atomic mass is 35.5. The summed E-state index contributed by atoms with van der Waals surface area (Å²) in [6, 6.07) is 11.2. The number of aliphatic hydroxyl groups is 1. The van der Waals surface area contributed by atoms with Crippen LogP contribution in [0.4, 0.5) is 4.79 Å². The monoisotopic (exact) mass is 477 g/mol. The number of phenolic OH excluding ortho intramolecular Hbond substituents is 1. The van der Waals surface area contributed by atoms with Gasteiger partial charge in [-0.3, -0.25) is 0 Å². The SMILES string of the molecule is C=CC[C@@](CO)(CCc1ccc(Sc2cc(C)ccc2O)cc1Cl)NC(=O)OC(C)(C)C. The van der Waals surface area contributed by atoms with Crippen LogP contribution in [-0.2, 0) is 11.2 Å². The molecule has 0 aliphatic rings. The highest BCUT2D eigenvalue weighted by Gasteiger charge is 2.32. The molecule has 0 heterocycles. The summed E-state index contributed by atoms with van der Waals surface area (Å²) in [7, 11) is 0. The molecule has 0 bridgehead atoms. The lowest BCUT2D eigenvalue weighted by molar-refractivity contribution is 0.0389. The molecule has 32 heavy (non-hydrogen) atoms. The lowest BCUT2D eigenvalue weighted by Crippen LogP contribution is -2.52. The molecule has 0 saturated carbocycles. The topological polar surface area (TPSA) is 78.8 Å². The first-order valence-corrected chi connectivity index (χ1v) is 11.7. The number of carbonyl (C=O) groups is 1. The number of hydrogen-bond acceptors (Lipinski definition) is 5. The number of carbonyl (C=O) groups excluding carboxylic acids is 1. The van der Waals surface area contributed by atoms with Crippen LogP contribution >= 0.6 is 23.4 Å². The van der Waals surface area contributed by atoms with Crippen molar-refractivity contribution in [2.24, 2.45) is 0 Å². The Balaban J connectivity index is 2.13. The van der Waals surface area contributed by atoms with E-state index in [4.69, 9.17) is 16.3 Å². The Morgan fingerprint density at radius 1 is 1.25 bits per heavy atom. The van der Waals surface area contributed by atoms with E-state index in [1.165, 1.54) is 11.8 Å². The predicted molar refractivity (Wildman–Crippen MR) is 131 cm³/mol. The number of benzene rings is 2. The third-order valence-electron chi connectivity index (χ3n) is 4.84. The van der Waals surface area contributed by atoms with Crippen LogP contribution in [0.2, 0.25) is 5.02 Å². The molecule has 2 aromatic rings. The van der Waals surface area contributed by atoms with Crippen LogP contribution in [0.15, 0.2) is 58.8 Å². The maximum absolute atomic E-state index is 12.3. The Kier molecular flexibility index (Phi) is 9.08. The van der Waals surface area contributed by atoms with Crippen LogP contribution in [0.1, 0.15) is 44.7 Å². The molecule has 0 aromatic heterocycles. The number of aromatic hydroxyl groups is 1. The average molecular weight is 478 g/mol. The van der Waals surface area contributed by atoms with Gasteiger partial charge in [0.05, 0.1) is 17.0 Å². The zero-order valence-electron chi connectivity index (χ0n) is 19.1. The van der Waals surface area contributed by atoms with Crippen LogP contribution in [0.3, 0.4) is 0 Å². The molecule has 1 amide bonds. The highest BCUT2D eigenvalue weighted by molar-refractivity contribution is 7.99. The van der Waals surface area contributed by atoms with Crippen LogP contribution in [0, 0.1) is 6.92 Å². The second-order valence-corrected chi connectivity index (χ2v) is 10.4. The van der Waals surface area contributed by atoms with Crippen molar-refractivity contribution in [2.45, 2.75) is 67.9 Å². The molecule has 0 aliphatic carbocycles. The molecule has 3 N–H and O–H groups in total. The Bertz CT molecular complexity index is 957. The van der Waals surface area contributed by atoms with E-state index in [1.807, 2.05) is 37.3 Å². The highest BCUT2D eigenvalue weighted by Crippen LogP contribution is 2.37. The fraction of sp³-hybridized carbons (Fsp3) is 0.400. The predicted octanol–water partition coefficient (Wildman–Crippen LogP) is 6.27. The number of nitrogens with one attached hydrogen (secondary N) is 1. The van der Waals surface area contributed by atoms with Crippen molar-refractivity contribution in [1.29, 1.82) is 0 Å². The van der Waals surface area contributed by atoms with E-state index in [9.17, 15) is 15.0 Å². The summed E-state index contributed by atoms with van der Waals surface area (Å²) in [6.07, 6.45) is 2.48. The normalized spacial score (nSPS) is 13.3. The summed E-state index contributed by atoms with van der Waals surface area (Å²) in [5.74, 6) is 0.228. The summed E-state index contributed by atoms with van der Waals surface area (Å²) in [6.45, 7) is 10.8. The molecule has 0 radical (unpaired) electrons. The first-order valence-electron chi connectivity index (χ1n) is 10.5. The number of alkyl carbamates (subject to hydrolysis) is 1. The quantitative estimate of drug-likeness (QED) is 0.371. The Morgan fingerprint density at radius 3 is 2.56 bits per heavy atom. The molecule has 2 aromatic carbocycles. The summed E-state index contributed by atoms with van der Waals surface area (Å²) in [5, 5.41) is 23.6. The van der Waals surface area contributed by atoms with Gasteiger partial charge >= 0.3 is 6.09 Å². The van der Waals surface area contributed by atoms with Gasteiger partial charge in [-0.05, 0) is 82.3 Å². The number of rotatable bonds is 9. The van der Waals surface area contributed by atoms with Crippen molar-refractivity contribution in [3.8, 4) is 5.75 Å².